The molecule has 4 fully saturated rings. The zero-order valence-electron chi connectivity index (χ0n) is 26.5. The van der Waals surface area contributed by atoms with Crippen LogP contribution in [-0.2, 0) is 6.42 Å². The van der Waals surface area contributed by atoms with Crippen LogP contribution in [0, 0.1) is 41.3 Å². The van der Waals surface area contributed by atoms with Gasteiger partial charge in [0.1, 0.15) is 11.6 Å². The molecule has 0 radical (unpaired) electrons. The Hall–Kier alpha value is -4.50. The summed E-state index contributed by atoms with van der Waals surface area (Å²) < 4.78 is 26.6. The van der Waals surface area contributed by atoms with Gasteiger partial charge in [-0.15, -0.1) is 0 Å². The Kier molecular flexibility index (Phi) is 6.97. The molecular formula is C38H37FN6O. The van der Waals surface area contributed by atoms with E-state index in [4.69, 9.17) is 9.72 Å². The molecule has 5 aromatic rings. The highest BCUT2D eigenvalue weighted by molar-refractivity contribution is 6.10. The van der Waals surface area contributed by atoms with Crippen molar-refractivity contribution in [1.82, 2.24) is 19.8 Å². The van der Waals surface area contributed by atoms with E-state index in [1.54, 1.807) is 6.07 Å². The molecule has 3 aromatic carbocycles. The number of hydrogen-bond donors (Lipinski definition) is 1. The first-order valence-corrected chi connectivity index (χ1v) is 16.5. The molecule has 3 aliphatic heterocycles. The van der Waals surface area contributed by atoms with E-state index in [2.05, 4.69) is 60.0 Å². The predicted octanol–water partition coefficient (Wildman–Crippen LogP) is 7.18. The monoisotopic (exact) mass is 612 g/mol. The molecule has 3 saturated heterocycles. The summed E-state index contributed by atoms with van der Waals surface area (Å²) in [6, 6.07) is 21.0. The molecule has 5 heterocycles. The number of nitrogens with zero attached hydrogens (tertiary/aromatic N) is 5. The molecule has 2 bridgehead atoms. The maximum atomic E-state index is 17.5. The predicted molar refractivity (Wildman–Crippen MR) is 178 cm³/mol. The van der Waals surface area contributed by atoms with Crippen molar-refractivity contribution in [3.63, 3.8) is 0 Å². The molecule has 1 aliphatic carbocycles. The molecule has 2 aromatic heterocycles. The van der Waals surface area contributed by atoms with Crippen molar-refractivity contribution in [2.24, 2.45) is 5.92 Å². The first-order valence-electron chi connectivity index (χ1n) is 16.5. The van der Waals surface area contributed by atoms with Gasteiger partial charge >= 0.3 is 0 Å². The average Bonchev–Trinajstić information content (AvgIpc) is 3.86. The summed E-state index contributed by atoms with van der Waals surface area (Å²) in [6.45, 7) is 6.24. The van der Waals surface area contributed by atoms with Crippen LogP contribution in [0.5, 0.6) is 5.88 Å². The molecule has 8 heteroatoms. The number of nitrogens with one attached hydrogen (secondary N) is 1. The lowest BCUT2D eigenvalue weighted by atomic mass is 9.79. The van der Waals surface area contributed by atoms with Crippen LogP contribution in [0.4, 0.5) is 4.39 Å². The largest absolute Gasteiger partial charge is 0.472 e. The zero-order chi connectivity index (χ0) is 31.7. The van der Waals surface area contributed by atoms with Gasteiger partial charge in [-0.05, 0) is 93.8 Å². The number of rotatable bonds is 7. The number of likely N-dealkylation sites (N-methyl/N-ethyl adjacent to an activating group) is 1. The number of aryl methyl sites for hydroxylation is 2. The molecule has 232 valence electrons. The minimum absolute atomic E-state index is 0.125. The number of ether oxygens (including phenoxy) is 1. The van der Waals surface area contributed by atoms with Crippen LogP contribution in [0.15, 0.2) is 48.5 Å². The fourth-order valence-electron chi connectivity index (χ4n) is 8.65. The number of pyridine rings is 1. The highest BCUT2D eigenvalue weighted by Gasteiger charge is 2.48. The van der Waals surface area contributed by atoms with Crippen LogP contribution in [-0.4, -0.2) is 52.8 Å². The van der Waals surface area contributed by atoms with Crippen LogP contribution in [0.1, 0.15) is 55.5 Å². The van der Waals surface area contributed by atoms with E-state index >= 15 is 4.39 Å². The van der Waals surface area contributed by atoms with Gasteiger partial charge in [0.2, 0.25) is 5.88 Å². The fraction of sp³-hybridized carbons (Fsp3) is 0.395. The molecular weight excluding hydrogens is 575 g/mol. The summed E-state index contributed by atoms with van der Waals surface area (Å²) in [4.78, 5) is 7.34. The minimum Gasteiger partial charge on any atom is -0.472 e. The number of hydrogen-bond acceptors (Lipinski definition) is 6. The van der Waals surface area contributed by atoms with E-state index in [0.29, 0.717) is 46.3 Å². The molecule has 1 saturated carbocycles. The van der Waals surface area contributed by atoms with Crippen LogP contribution in [0.3, 0.4) is 0 Å². The molecule has 0 amide bonds. The van der Waals surface area contributed by atoms with Crippen molar-refractivity contribution in [3.8, 4) is 29.1 Å². The topological polar surface area (TPSA) is 89.9 Å². The van der Waals surface area contributed by atoms with Gasteiger partial charge in [-0.2, -0.15) is 10.5 Å². The second kappa shape index (κ2) is 11.1. The molecule has 4 aliphatic rings. The number of aromatic nitrogens is 2. The van der Waals surface area contributed by atoms with E-state index in [1.165, 1.54) is 0 Å². The normalized spacial score (nSPS) is 23.1. The second-order valence-electron chi connectivity index (χ2n) is 13.4. The lowest BCUT2D eigenvalue weighted by molar-refractivity contribution is 0.119. The maximum Gasteiger partial charge on any atom is 0.223 e. The third-order valence-corrected chi connectivity index (χ3v) is 10.9. The standard InChI is InChI=1S/C38H37FN6O/c1-21-16-29-37(45(21)36-26-18-30(36)42-20-26)28-17-24(11-6-14-40)33(27-12-5-9-23-8-4-10-25(19-41)32(23)27)34(39)35(28)43-38(29)46-22(2)31-13-7-15-44(31)3/h4-5,8-10,12,16-17,22,26,30-31,36,42H,6-7,11,13,15,18,20H2,1-3H3/t22-,26+,30+,31?,36-/m0/s1. The molecule has 1 N–H and O–H groups in total. The highest BCUT2D eigenvalue weighted by Crippen LogP contribution is 2.49. The first kappa shape index (κ1) is 28.9. The quantitative estimate of drug-likeness (QED) is 0.209. The Bertz CT molecular complexity index is 2100. The number of fused-ring (bicyclic) bond motifs is 5. The van der Waals surface area contributed by atoms with Crippen LogP contribution in [0.25, 0.3) is 43.7 Å². The third-order valence-electron chi connectivity index (χ3n) is 10.9. The number of likely N-dealkylation sites (tertiary alicyclic amines) is 1. The van der Waals surface area contributed by atoms with Gasteiger partial charge in [0.05, 0.1) is 34.6 Å². The third kappa shape index (κ3) is 4.31. The number of nitriles is 2. The van der Waals surface area contributed by atoms with E-state index in [-0.39, 0.29) is 30.1 Å². The molecule has 0 spiro atoms. The lowest BCUT2D eigenvalue weighted by Crippen LogP contribution is -2.39. The van der Waals surface area contributed by atoms with Crippen molar-refractivity contribution in [2.45, 2.75) is 70.2 Å². The molecule has 5 atom stereocenters. The maximum absolute atomic E-state index is 17.5. The Labute approximate surface area is 268 Å². The van der Waals surface area contributed by atoms with Crippen molar-refractivity contribution < 1.29 is 9.13 Å². The Morgan fingerprint density at radius 2 is 1.98 bits per heavy atom. The van der Waals surface area contributed by atoms with Gasteiger partial charge in [-0.1, -0.05) is 30.3 Å². The summed E-state index contributed by atoms with van der Waals surface area (Å²) in [5.41, 5.74) is 4.59. The van der Waals surface area contributed by atoms with Crippen LogP contribution in [0.2, 0.25) is 0 Å². The van der Waals surface area contributed by atoms with E-state index in [1.807, 2.05) is 30.3 Å². The smallest absolute Gasteiger partial charge is 0.223 e. The lowest BCUT2D eigenvalue weighted by Gasteiger charge is -2.37. The van der Waals surface area contributed by atoms with E-state index in [9.17, 15) is 10.5 Å². The van der Waals surface area contributed by atoms with Gasteiger partial charge in [0, 0.05) is 47.1 Å². The summed E-state index contributed by atoms with van der Waals surface area (Å²) in [7, 11) is 2.13. The summed E-state index contributed by atoms with van der Waals surface area (Å²) in [6.07, 6.45) is 3.82. The fourth-order valence-corrected chi connectivity index (χ4v) is 8.65. The van der Waals surface area contributed by atoms with E-state index in [0.717, 1.165) is 65.3 Å². The SMILES string of the molecule is Cc1cc2c(O[C@@H](C)C3CCCN3C)nc3c(F)c(-c4cccc5cccc(C#N)c45)c(CCC#N)cc3c2n1[C@H]1[C@H]2CN[C@@H]1C2. The molecule has 9 rings (SSSR count). The zero-order valence-corrected chi connectivity index (χ0v) is 26.5. The van der Waals surface area contributed by atoms with Gasteiger partial charge < -0.3 is 14.6 Å². The highest BCUT2D eigenvalue weighted by atomic mass is 19.1. The van der Waals surface area contributed by atoms with Crippen molar-refractivity contribution >= 4 is 32.6 Å². The Morgan fingerprint density at radius 1 is 1.15 bits per heavy atom. The van der Waals surface area contributed by atoms with Crippen molar-refractivity contribution in [3.05, 3.63) is 71.2 Å². The first-order chi connectivity index (χ1) is 22.4. The summed E-state index contributed by atoms with van der Waals surface area (Å²) in [5, 5.41) is 26.5. The Balaban J connectivity index is 1.43. The number of halogens is 1. The van der Waals surface area contributed by atoms with Crippen LogP contribution >= 0.6 is 0 Å². The average molecular weight is 613 g/mol. The summed E-state index contributed by atoms with van der Waals surface area (Å²) in [5.74, 6) is 0.547. The second-order valence-corrected chi connectivity index (χ2v) is 13.4. The summed E-state index contributed by atoms with van der Waals surface area (Å²) >= 11 is 0. The Morgan fingerprint density at radius 3 is 2.67 bits per heavy atom. The number of benzene rings is 3. The van der Waals surface area contributed by atoms with E-state index < -0.39 is 5.82 Å². The molecule has 46 heavy (non-hydrogen) atoms. The van der Waals surface area contributed by atoms with Crippen molar-refractivity contribution in [1.29, 1.82) is 10.5 Å². The van der Waals surface area contributed by atoms with Gasteiger partial charge in [0.15, 0.2) is 5.82 Å². The molecule has 1 unspecified atom stereocenters. The van der Waals surface area contributed by atoms with Crippen LogP contribution < -0.4 is 10.1 Å². The van der Waals surface area contributed by atoms with Gasteiger partial charge in [0.25, 0.3) is 0 Å². The van der Waals surface area contributed by atoms with Gasteiger partial charge in [-0.3, -0.25) is 4.90 Å². The minimum atomic E-state index is -0.442. The van der Waals surface area contributed by atoms with Gasteiger partial charge in [-0.25, -0.2) is 9.37 Å². The molecule has 7 nitrogen and oxygen atoms in total. The van der Waals surface area contributed by atoms with Crippen molar-refractivity contribution in [2.75, 3.05) is 20.1 Å².